The summed E-state index contributed by atoms with van der Waals surface area (Å²) in [5.74, 6) is 0. The molecule has 1 atom stereocenters. The van der Waals surface area contributed by atoms with E-state index in [0.29, 0.717) is 6.04 Å². The number of nitrogens with zero attached hydrogens (tertiary/aromatic N) is 2. The van der Waals surface area contributed by atoms with Crippen molar-refractivity contribution >= 4 is 0 Å². The molecule has 0 fully saturated rings. The van der Waals surface area contributed by atoms with E-state index in [1.807, 2.05) is 11.7 Å². The van der Waals surface area contributed by atoms with Crippen molar-refractivity contribution in [1.29, 1.82) is 0 Å². The maximum atomic E-state index is 4.55. The Bertz CT molecular complexity index is 584. The molecular weight excluding hydrogens is 246 g/mol. The van der Waals surface area contributed by atoms with Crippen molar-refractivity contribution in [3.8, 4) is 0 Å². The molecule has 0 saturated carbocycles. The molecule has 108 valence electrons. The highest BCUT2D eigenvalue weighted by Crippen LogP contribution is 2.25. The minimum atomic E-state index is 0.329. The van der Waals surface area contributed by atoms with Crippen LogP contribution in [-0.4, -0.2) is 16.3 Å². The maximum Gasteiger partial charge on any atom is 0.0644 e. The van der Waals surface area contributed by atoms with E-state index >= 15 is 0 Å². The quantitative estimate of drug-likeness (QED) is 0.904. The number of hydrogen-bond acceptors (Lipinski definition) is 2. The first kappa shape index (κ1) is 14.8. The zero-order valence-electron chi connectivity index (χ0n) is 13.2. The summed E-state index contributed by atoms with van der Waals surface area (Å²) in [5, 5.41) is 8.17. The minimum absolute atomic E-state index is 0.329. The van der Waals surface area contributed by atoms with Crippen molar-refractivity contribution in [3.05, 3.63) is 52.3 Å². The van der Waals surface area contributed by atoms with Crippen LogP contribution < -0.4 is 5.32 Å². The van der Waals surface area contributed by atoms with Crippen molar-refractivity contribution in [3.63, 3.8) is 0 Å². The van der Waals surface area contributed by atoms with E-state index in [9.17, 15) is 0 Å². The van der Waals surface area contributed by atoms with Gasteiger partial charge in [0.15, 0.2) is 0 Å². The molecule has 0 radical (unpaired) electrons. The number of rotatable bonds is 5. The van der Waals surface area contributed by atoms with Crippen molar-refractivity contribution in [2.45, 2.75) is 40.2 Å². The molecule has 0 amide bonds. The number of aryl methyl sites for hydroxylation is 3. The lowest BCUT2D eigenvalue weighted by Crippen LogP contribution is -2.24. The average molecular weight is 271 g/mol. The summed E-state index contributed by atoms with van der Waals surface area (Å²) in [5.41, 5.74) is 6.49. The second kappa shape index (κ2) is 6.23. The fourth-order valence-corrected chi connectivity index (χ4v) is 2.88. The first-order chi connectivity index (χ1) is 9.54. The predicted molar refractivity (Wildman–Crippen MR) is 84.0 cm³/mol. The Morgan fingerprint density at radius 1 is 1.20 bits per heavy atom. The number of aromatic nitrogens is 2. The molecule has 0 aliphatic rings. The van der Waals surface area contributed by atoms with Gasteiger partial charge in [-0.3, -0.25) is 4.68 Å². The Labute approximate surface area is 122 Å². The molecule has 1 N–H and O–H groups in total. The predicted octanol–water partition coefficient (Wildman–Crippen LogP) is 3.24. The van der Waals surface area contributed by atoms with Gasteiger partial charge in [-0.05, 0) is 44.9 Å². The molecule has 0 spiro atoms. The number of nitrogens with one attached hydrogen (secondary N) is 1. The van der Waals surface area contributed by atoms with Crippen molar-refractivity contribution in [1.82, 2.24) is 15.1 Å². The Morgan fingerprint density at radius 3 is 2.45 bits per heavy atom. The maximum absolute atomic E-state index is 4.55. The summed E-state index contributed by atoms with van der Waals surface area (Å²) < 4.78 is 1.98. The Hall–Kier alpha value is -1.61. The van der Waals surface area contributed by atoms with E-state index in [0.717, 1.165) is 18.7 Å². The molecule has 3 nitrogen and oxygen atoms in total. The zero-order valence-corrected chi connectivity index (χ0v) is 13.2. The topological polar surface area (TPSA) is 29.9 Å². The van der Waals surface area contributed by atoms with Gasteiger partial charge in [0.05, 0.1) is 5.69 Å². The van der Waals surface area contributed by atoms with Crippen molar-refractivity contribution in [2.24, 2.45) is 7.05 Å². The fourth-order valence-electron chi connectivity index (χ4n) is 2.88. The van der Waals surface area contributed by atoms with Crippen LogP contribution in [0, 0.1) is 20.8 Å². The van der Waals surface area contributed by atoms with Crippen molar-refractivity contribution in [2.75, 3.05) is 6.54 Å². The summed E-state index contributed by atoms with van der Waals surface area (Å²) in [6, 6.07) is 8.95. The third-order valence-corrected chi connectivity index (χ3v) is 4.05. The lowest BCUT2D eigenvalue weighted by Gasteiger charge is -2.20. The molecular formula is C17H25N3. The zero-order chi connectivity index (χ0) is 14.7. The van der Waals surface area contributed by atoms with Crippen LogP contribution in [0.15, 0.2) is 24.3 Å². The van der Waals surface area contributed by atoms with Gasteiger partial charge in [0, 0.05) is 24.3 Å². The normalized spacial score (nSPS) is 12.7. The molecule has 1 aromatic heterocycles. The highest BCUT2D eigenvalue weighted by Gasteiger charge is 2.20. The molecule has 0 bridgehead atoms. The number of benzene rings is 1. The molecule has 0 aliphatic carbocycles. The van der Waals surface area contributed by atoms with Gasteiger partial charge in [-0.2, -0.15) is 5.10 Å². The first-order valence-corrected chi connectivity index (χ1v) is 7.32. The van der Waals surface area contributed by atoms with Gasteiger partial charge in [-0.15, -0.1) is 0 Å². The van der Waals surface area contributed by atoms with Gasteiger partial charge < -0.3 is 5.32 Å². The van der Waals surface area contributed by atoms with Crippen LogP contribution in [-0.2, 0) is 13.5 Å². The van der Waals surface area contributed by atoms with Gasteiger partial charge in [-0.1, -0.05) is 31.2 Å². The van der Waals surface area contributed by atoms with Crippen molar-refractivity contribution < 1.29 is 0 Å². The highest BCUT2D eigenvalue weighted by molar-refractivity contribution is 5.33. The Balaban J connectivity index is 2.34. The van der Waals surface area contributed by atoms with E-state index in [-0.39, 0.29) is 0 Å². The molecule has 20 heavy (non-hydrogen) atoms. The smallest absolute Gasteiger partial charge is 0.0644 e. The Morgan fingerprint density at radius 2 is 1.90 bits per heavy atom. The SMILES string of the molecule is CCNC(Cc1ccccc1C)c1c(C)nn(C)c1C. The van der Waals surface area contributed by atoms with Crippen LogP contribution in [0.5, 0.6) is 0 Å². The molecule has 1 heterocycles. The fraction of sp³-hybridized carbons (Fsp3) is 0.471. The molecule has 0 aliphatic heterocycles. The molecule has 2 aromatic rings. The van der Waals surface area contributed by atoms with Crippen LogP contribution >= 0.6 is 0 Å². The molecule has 1 unspecified atom stereocenters. The average Bonchev–Trinajstić information content (AvgIpc) is 2.65. The second-order valence-corrected chi connectivity index (χ2v) is 5.45. The first-order valence-electron chi connectivity index (χ1n) is 7.32. The molecule has 0 saturated heterocycles. The molecule has 3 heteroatoms. The lowest BCUT2D eigenvalue weighted by atomic mass is 9.95. The highest BCUT2D eigenvalue weighted by atomic mass is 15.3. The van der Waals surface area contributed by atoms with Crippen LogP contribution in [0.1, 0.15) is 41.0 Å². The Kier molecular flexibility index (Phi) is 4.61. The standard InChI is InChI=1S/C17H25N3/c1-6-18-16(11-15-10-8-7-9-12(15)2)17-13(3)19-20(5)14(17)4/h7-10,16,18H,6,11H2,1-5H3. The third kappa shape index (κ3) is 2.93. The van der Waals surface area contributed by atoms with Gasteiger partial charge in [0.1, 0.15) is 0 Å². The summed E-state index contributed by atoms with van der Waals surface area (Å²) in [4.78, 5) is 0. The van der Waals surface area contributed by atoms with Gasteiger partial charge in [0.2, 0.25) is 0 Å². The van der Waals surface area contributed by atoms with E-state index in [2.05, 4.69) is 62.4 Å². The lowest BCUT2D eigenvalue weighted by molar-refractivity contribution is 0.543. The largest absolute Gasteiger partial charge is 0.310 e. The van der Waals surface area contributed by atoms with E-state index in [1.54, 1.807) is 0 Å². The second-order valence-electron chi connectivity index (χ2n) is 5.45. The van der Waals surface area contributed by atoms with Crippen LogP contribution in [0.2, 0.25) is 0 Å². The van der Waals surface area contributed by atoms with Crippen LogP contribution in [0.4, 0.5) is 0 Å². The van der Waals surface area contributed by atoms with E-state index in [1.165, 1.54) is 22.4 Å². The monoisotopic (exact) mass is 271 g/mol. The van der Waals surface area contributed by atoms with Gasteiger partial charge >= 0.3 is 0 Å². The summed E-state index contributed by atoms with van der Waals surface area (Å²) in [6.45, 7) is 9.56. The number of likely N-dealkylation sites (N-methyl/N-ethyl adjacent to an activating group) is 1. The van der Waals surface area contributed by atoms with Gasteiger partial charge in [-0.25, -0.2) is 0 Å². The third-order valence-electron chi connectivity index (χ3n) is 4.05. The number of hydrogen-bond donors (Lipinski definition) is 1. The summed E-state index contributed by atoms with van der Waals surface area (Å²) >= 11 is 0. The molecule has 2 rings (SSSR count). The van der Waals surface area contributed by atoms with E-state index < -0.39 is 0 Å². The summed E-state index contributed by atoms with van der Waals surface area (Å²) in [6.07, 6.45) is 1.01. The van der Waals surface area contributed by atoms with Crippen LogP contribution in [0.3, 0.4) is 0 Å². The van der Waals surface area contributed by atoms with Crippen LogP contribution in [0.25, 0.3) is 0 Å². The van der Waals surface area contributed by atoms with Gasteiger partial charge in [0.25, 0.3) is 0 Å². The molecule has 1 aromatic carbocycles. The summed E-state index contributed by atoms with van der Waals surface area (Å²) in [7, 11) is 2.02. The van der Waals surface area contributed by atoms with E-state index in [4.69, 9.17) is 0 Å². The minimum Gasteiger partial charge on any atom is -0.310 e.